The second-order valence-corrected chi connectivity index (χ2v) is 31.8. The molecule has 22 aromatic rings. The maximum atomic E-state index is 2.43. The van der Waals surface area contributed by atoms with Crippen LogP contribution < -0.4 is 0 Å². The zero-order valence-electron chi connectivity index (χ0n) is 64.2. The van der Waals surface area contributed by atoms with Gasteiger partial charge in [-0.3, -0.25) is 0 Å². The summed E-state index contributed by atoms with van der Waals surface area (Å²) in [4.78, 5) is 0. The quantitative estimate of drug-likeness (QED) is 0.130. The summed E-state index contributed by atoms with van der Waals surface area (Å²) >= 11 is 0. The molecule has 0 atom stereocenters. The Morgan fingerprint density at radius 1 is 0.172 bits per heavy atom. The summed E-state index contributed by atoms with van der Waals surface area (Å²) in [5.74, 6) is 0. The van der Waals surface area contributed by atoms with Crippen molar-refractivity contribution >= 4 is 87.2 Å². The highest BCUT2D eigenvalue weighted by atomic mass is 15.0. The Morgan fingerprint density at radius 3 is 0.879 bits per heavy atom. The molecule has 0 fully saturated rings. The molecule has 116 heavy (non-hydrogen) atoms. The van der Waals surface area contributed by atoms with Crippen LogP contribution in [0.15, 0.2) is 425 Å². The van der Waals surface area contributed by atoms with Gasteiger partial charge in [-0.15, -0.1) is 0 Å². The van der Waals surface area contributed by atoms with Crippen LogP contribution in [0, 0.1) is 0 Å². The molecule has 0 spiro atoms. The number of benzene rings is 18. The monoisotopic (exact) mass is 1480 g/mol. The van der Waals surface area contributed by atoms with Crippen molar-refractivity contribution in [2.75, 3.05) is 0 Å². The molecule has 2 aliphatic rings. The molecule has 4 heterocycles. The lowest BCUT2D eigenvalue weighted by atomic mass is 9.66. The van der Waals surface area contributed by atoms with E-state index in [9.17, 15) is 0 Å². The first-order valence-electron chi connectivity index (χ1n) is 40.4. The van der Waals surface area contributed by atoms with E-state index in [2.05, 4.69) is 457 Å². The minimum atomic E-state index is -0.474. The second kappa shape index (κ2) is 26.4. The van der Waals surface area contributed by atoms with E-state index in [1.54, 1.807) is 0 Å². The van der Waals surface area contributed by atoms with E-state index < -0.39 is 5.41 Å². The van der Waals surface area contributed by atoms with Crippen LogP contribution in [0.5, 0.6) is 0 Å². The van der Waals surface area contributed by atoms with Gasteiger partial charge in [0.2, 0.25) is 0 Å². The summed E-state index contributed by atoms with van der Waals surface area (Å²) in [7, 11) is 0. The maximum Gasteiger partial charge on any atom is 0.0719 e. The SMILES string of the molecule is CC1(C)c2ccccc2-c2cc(-c3ccc(-n4c5ccccc5c5cc(-c6ccc7c(c6)c6ccccc6n7-c6ccccc6)ccc54)cc3)ccc21.c1ccc(-n2c3ccccc3c3cc(-c4ccc5c(c4)c4ccccc4n5-c4ccc(-c5cccc6c5C(c5ccccc5)(c5ccccc5)c5ccccc5-6)cc4)ccc32)cc1. The Bertz CT molecular complexity index is 7640. The Kier molecular flexibility index (Phi) is 15.2. The van der Waals surface area contributed by atoms with E-state index in [-0.39, 0.29) is 5.41 Å². The van der Waals surface area contributed by atoms with Crippen LogP contribution in [0.4, 0.5) is 0 Å². The molecule has 2 aliphatic carbocycles. The summed E-state index contributed by atoms with van der Waals surface area (Å²) in [6.07, 6.45) is 0. The fraction of sp³-hybridized carbons (Fsp3) is 0.0357. The number of fused-ring (bicyclic) bond motifs is 18. The summed E-state index contributed by atoms with van der Waals surface area (Å²) < 4.78 is 9.60. The molecule has 24 rings (SSSR count). The molecule has 0 N–H and O–H groups in total. The van der Waals surface area contributed by atoms with Gasteiger partial charge in [0.1, 0.15) is 0 Å². The fourth-order valence-corrected chi connectivity index (χ4v) is 20.1. The lowest BCUT2D eigenvalue weighted by Gasteiger charge is -2.35. The average Bonchev–Trinajstić information content (AvgIpc) is 1.52. The first-order valence-corrected chi connectivity index (χ1v) is 40.4. The third-order valence-corrected chi connectivity index (χ3v) is 25.3. The topological polar surface area (TPSA) is 19.7 Å². The van der Waals surface area contributed by atoms with Crippen molar-refractivity contribution in [3.05, 3.63) is 458 Å². The molecule has 18 aromatic carbocycles. The maximum absolute atomic E-state index is 2.43. The van der Waals surface area contributed by atoms with Gasteiger partial charge in [0.25, 0.3) is 0 Å². The average molecular weight is 1480 g/mol. The van der Waals surface area contributed by atoms with Crippen molar-refractivity contribution in [3.8, 4) is 89.5 Å². The molecule has 0 saturated carbocycles. The second-order valence-electron chi connectivity index (χ2n) is 31.8. The largest absolute Gasteiger partial charge is 0.309 e. The van der Waals surface area contributed by atoms with Gasteiger partial charge < -0.3 is 18.3 Å². The number of hydrogen-bond acceptors (Lipinski definition) is 0. The van der Waals surface area contributed by atoms with E-state index in [0.717, 1.165) is 11.4 Å². The standard InChI is InChI=1S/C61H40N2.C51H36N2/c1-4-17-44(18-5-1)61(45-19-6-2-7-20-45)55-28-13-10-23-49(55)52-27-16-26-48(60(52)61)41-31-35-47(36-32-41)63-57-30-15-12-25-51(57)54-40-43(34-38-59(54)63)42-33-37-58-53(39-42)50-24-11-14-29-56(50)62(58)46-21-8-3-9-22-46;1-51(2)45-17-9-6-14-39(45)42-30-34(22-27-46(42)51)33-20-25-38(26-21-33)53-48-19-11-8-16-41(48)44-32-36(24-29-50(44)53)35-23-28-49-43(31-35)40-15-7-10-18-47(40)52(49)37-12-4-3-5-13-37/h1-40H;3-32H,1-2H3. The van der Waals surface area contributed by atoms with Crippen LogP contribution in [-0.2, 0) is 10.8 Å². The molecule has 0 saturated heterocycles. The van der Waals surface area contributed by atoms with Crippen LogP contribution in [0.3, 0.4) is 0 Å². The van der Waals surface area contributed by atoms with Gasteiger partial charge in [0, 0.05) is 71.3 Å². The van der Waals surface area contributed by atoms with Crippen LogP contribution in [0.1, 0.15) is 47.2 Å². The summed E-state index contributed by atoms with van der Waals surface area (Å²) in [5, 5.41) is 10.1. The Labute approximate surface area is 673 Å². The van der Waals surface area contributed by atoms with Gasteiger partial charge in [-0.1, -0.05) is 311 Å². The molecule has 4 nitrogen and oxygen atoms in total. The van der Waals surface area contributed by atoms with Crippen molar-refractivity contribution in [3.63, 3.8) is 0 Å². The normalized spacial score (nSPS) is 13.1. The van der Waals surface area contributed by atoms with E-state index >= 15 is 0 Å². The van der Waals surface area contributed by atoms with E-state index in [1.165, 1.54) is 199 Å². The summed E-state index contributed by atoms with van der Waals surface area (Å²) in [5.41, 5.74) is 37.0. The number of aromatic nitrogens is 4. The molecule has 4 heteroatoms. The molecule has 0 aliphatic heterocycles. The smallest absolute Gasteiger partial charge is 0.0719 e. The minimum absolute atomic E-state index is 0.0141. The lowest BCUT2D eigenvalue weighted by molar-refractivity contribution is 0.660. The van der Waals surface area contributed by atoms with Crippen LogP contribution >= 0.6 is 0 Å². The number of para-hydroxylation sites is 6. The van der Waals surface area contributed by atoms with Crippen LogP contribution in [0.25, 0.3) is 177 Å². The Balaban J connectivity index is 0.000000139. The molecule has 0 amide bonds. The third kappa shape index (κ3) is 10.2. The van der Waals surface area contributed by atoms with Crippen molar-refractivity contribution in [2.45, 2.75) is 24.7 Å². The highest BCUT2D eigenvalue weighted by molar-refractivity contribution is 6.15. The van der Waals surface area contributed by atoms with E-state index in [0.29, 0.717) is 0 Å². The third-order valence-electron chi connectivity index (χ3n) is 25.3. The predicted molar refractivity (Wildman–Crippen MR) is 487 cm³/mol. The lowest BCUT2D eigenvalue weighted by Crippen LogP contribution is -2.29. The first kappa shape index (κ1) is 66.9. The van der Waals surface area contributed by atoms with E-state index in [4.69, 9.17) is 0 Å². The number of rotatable bonds is 10. The minimum Gasteiger partial charge on any atom is -0.309 e. The van der Waals surface area contributed by atoms with Gasteiger partial charge in [0.15, 0.2) is 0 Å². The Hall–Kier alpha value is -14.8. The molecular weight excluding hydrogens is 1400 g/mol. The van der Waals surface area contributed by atoms with Gasteiger partial charge in [-0.25, -0.2) is 0 Å². The zero-order chi connectivity index (χ0) is 76.7. The molecule has 0 unspecified atom stereocenters. The van der Waals surface area contributed by atoms with Crippen molar-refractivity contribution < 1.29 is 0 Å². The van der Waals surface area contributed by atoms with Gasteiger partial charge in [-0.2, -0.15) is 0 Å². The van der Waals surface area contributed by atoms with Gasteiger partial charge in [-0.05, 0) is 228 Å². The summed E-state index contributed by atoms with van der Waals surface area (Å²) in [6, 6.07) is 157. The molecule has 4 aromatic heterocycles. The molecular formula is C112H76N4. The summed E-state index contributed by atoms with van der Waals surface area (Å²) in [6.45, 7) is 4.68. The molecule has 544 valence electrons. The highest BCUT2D eigenvalue weighted by Crippen LogP contribution is 2.59. The highest BCUT2D eigenvalue weighted by Gasteiger charge is 2.47. The van der Waals surface area contributed by atoms with Crippen molar-refractivity contribution in [1.29, 1.82) is 0 Å². The van der Waals surface area contributed by atoms with Crippen LogP contribution in [-0.4, -0.2) is 18.3 Å². The number of nitrogens with zero attached hydrogens (tertiary/aromatic N) is 4. The first-order chi connectivity index (χ1) is 57.3. The van der Waals surface area contributed by atoms with Gasteiger partial charge in [0.05, 0.1) is 49.5 Å². The Morgan fingerprint density at radius 2 is 0.457 bits per heavy atom. The van der Waals surface area contributed by atoms with Gasteiger partial charge >= 0.3 is 0 Å². The van der Waals surface area contributed by atoms with Crippen molar-refractivity contribution in [1.82, 2.24) is 18.3 Å². The fourth-order valence-electron chi connectivity index (χ4n) is 20.1. The predicted octanol–water partition coefficient (Wildman–Crippen LogP) is 29.1. The zero-order valence-corrected chi connectivity index (χ0v) is 64.2. The van der Waals surface area contributed by atoms with Crippen LogP contribution in [0.2, 0.25) is 0 Å². The molecule has 0 bridgehead atoms. The number of hydrogen-bond donors (Lipinski definition) is 0. The van der Waals surface area contributed by atoms with Crippen molar-refractivity contribution in [2.24, 2.45) is 0 Å². The van der Waals surface area contributed by atoms with E-state index in [1.807, 2.05) is 0 Å². The molecule has 0 radical (unpaired) electrons.